The zero-order valence-electron chi connectivity index (χ0n) is 14.6. The van der Waals surface area contributed by atoms with E-state index in [1.54, 1.807) is 16.7 Å². The predicted octanol–water partition coefficient (Wildman–Crippen LogP) is 3.99. The zero-order valence-corrected chi connectivity index (χ0v) is 14.6. The van der Waals surface area contributed by atoms with Gasteiger partial charge in [0.05, 0.1) is 12.7 Å². The molecule has 29 heavy (non-hydrogen) atoms. The van der Waals surface area contributed by atoms with Gasteiger partial charge in [0.2, 0.25) is 5.89 Å². The Morgan fingerprint density at radius 1 is 1.14 bits per heavy atom. The number of imidazole rings is 1. The summed E-state index contributed by atoms with van der Waals surface area (Å²) in [5.74, 6) is -0.916. The Kier molecular flexibility index (Phi) is 4.78. The molecule has 0 bridgehead atoms. The summed E-state index contributed by atoms with van der Waals surface area (Å²) in [6, 6.07) is 11.1. The lowest BCUT2D eigenvalue weighted by molar-refractivity contribution is 0.116. The normalized spacial score (nSPS) is 11.0. The summed E-state index contributed by atoms with van der Waals surface area (Å²) in [5, 5.41) is 16.3. The Morgan fingerprint density at radius 3 is 2.72 bits per heavy atom. The van der Waals surface area contributed by atoms with Gasteiger partial charge >= 0.3 is 6.43 Å². The Hall–Kier alpha value is -4.00. The van der Waals surface area contributed by atoms with Crippen LogP contribution < -0.4 is 0 Å². The number of benzene rings is 1. The highest BCUT2D eigenvalue weighted by molar-refractivity contribution is 5.62. The summed E-state index contributed by atoms with van der Waals surface area (Å²) in [7, 11) is 0. The molecule has 0 fully saturated rings. The molecule has 1 aromatic carbocycles. The van der Waals surface area contributed by atoms with E-state index in [-0.39, 0.29) is 18.1 Å². The van der Waals surface area contributed by atoms with E-state index in [0.717, 1.165) is 0 Å². The Bertz CT molecular complexity index is 1210. The van der Waals surface area contributed by atoms with Crippen molar-refractivity contribution in [3.63, 3.8) is 0 Å². The summed E-state index contributed by atoms with van der Waals surface area (Å²) >= 11 is 0. The van der Waals surface area contributed by atoms with E-state index in [1.165, 1.54) is 36.7 Å². The van der Waals surface area contributed by atoms with E-state index < -0.39 is 18.1 Å². The minimum atomic E-state index is -2.87. The van der Waals surface area contributed by atoms with Crippen LogP contribution in [0.25, 0.3) is 23.0 Å². The summed E-state index contributed by atoms with van der Waals surface area (Å²) in [5.41, 5.74) is 1.62. The van der Waals surface area contributed by atoms with Crippen LogP contribution in [0, 0.1) is 17.1 Å². The minimum Gasteiger partial charge on any atom is -0.415 e. The van der Waals surface area contributed by atoms with Crippen LogP contribution >= 0.6 is 0 Å². The summed E-state index contributed by atoms with van der Waals surface area (Å²) < 4.78 is 45.5. The van der Waals surface area contributed by atoms with Crippen molar-refractivity contribution in [2.24, 2.45) is 0 Å². The quantitative estimate of drug-likeness (QED) is 0.506. The van der Waals surface area contributed by atoms with Gasteiger partial charge < -0.3 is 8.98 Å². The summed E-state index contributed by atoms with van der Waals surface area (Å²) in [6.45, 7) is 0.192. The highest BCUT2D eigenvalue weighted by Gasteiger charge is 2.19. The standard InChI is InChI=1S/C19H11F3N6O/c20-13-3-1-2-11(6-13)10-28-14(8-23)9-25-17(28)15-7-12(4-5-24-15)18-26-27-19(29-18)16(21)22/h1-7,9,16H,10H2. The fraction of sp³-hybridized carbons (Fsp3) is 0.105. The van der Waals surface area contributed by atoms with E-state index in [2.05, 4.69) is 20.2 Å². The second-order valence-corrected chi connectivity index (χ2v) is 5.97. The van der Waals surface area contributed by atoms with E-state index in [0.29, 0.717) is 22.6 Å². The third-order valence-corrected chi connectivity index (χ3v) is 4.06. The maximum absolute atomic E-state index is 13.5. The van der Waals surface area contributed by atoms with Crippen LogP contribution in [0.2, 0.25) is 0 Å². The monoisotopic (exact) mass is 396 g/mol. The smallest absolute Gasteiger partial charge is 0.314 e. The minimum absolute atomic E-state index is 0.0901. The lowest BCUT2D eigenvalue weighted by Gasteiger charge is -2.09. The fourth-order valence-electron chi connectivity index (χ4n) is 2.77. The van der Waals surface area contributed by atoms with Crippen molar-refractivity contribution < 1.29 is 17.6 Å². The van der Waals surface area contributed by atoms with Crippen molar-refractivity contribution in [1.82, 2.24) is 24.7 Å². The van der Waals surface area contributed by atoms with Crippen molar-refractivity contribution in [3.8, 4) is 29.0 Å². The van der Waals surface area contributed by atoms with Gasteiger partial charge in [-0.2, -0.15) is 14.0 Å². The predicted molar refractivity (Wildman–Crippen MR) is 93.9 cm³/mol. The summed E-state index contributed by atoms with van der Waals surface area (Å²) in [6.07, 6.45) is -0.0599. The van der Waals surface area contributed by atoms with Crippen molar-refractivity contribution in [1.29, 1.82) is 5.26 Å². The molecule has 0 aliphatic carbocycles. The molecule has 10 heteroatoms. The number of halogens is 3. The van der Waals surface area contributed by atoms with Gasteiger partial charge in [0.25, 0.3) is 5.89 Å². The third kappa shape index (κ3) is 3.70. The maximum Gasteiger partial charge on any atom is 0.314 e. The summed E-state index contributed by atoms with van der Waals surface area (Å²) in [4.78, 5) is 8.48. The van der Waals surface area contributed by atoms with Crippen LogP contribution in [0.3, 0.4) is 0 Å². The average Bonchev–Trinajstić information content (AvgIpc) is 3.36. The molecule has 4 aromatic rings. The van der Waals surface area contributed by atoms with Crippen molar-refractivity contribution in [2.75, 3.05) is 0 Å². The molecule has 4 rings (SSSR count). The van der Waals surface area contributed by atoms with Gasteiger partial charge in [0.1, 0.15) is 23.3 Å². The Balaban J connectivity index is 1.73. The molecule has 0 aliphatic heterocycles. The molecule has 3 aromatic heterocycles. The van der Waals surface area contributed by atoms with E-state index in [4.69, 9.17) is 4.42 Å². The molecule has 0 unspecified atom stereocenters. The molecule has 0 spiro atoms. The van der Waals surface area contributed by atoms with E-state index >= 15 is 0 Å². The van der Waals surface area contributed by atoms with Crippen LogP contribution in [0.1, 0.15) is 23.6 Å². The molecule has 0 aliphatic rings. The van der Waals surface area contributed by atoms with Gasteiger partial charge in [0.15, 0.2) is 5.82 Å². The molecule has 0 saturated heterocycles. The molecule has 144 valence electrons. The van der Waals surface area contributed by atoms with Crippen LogP contribution in [-0.4, -0.2) is 24.7 Å². The second kappa shape index (κ2) is 7.55. The molecule has 3 heterocycles. The second-order valence-electron chi connectivity index (χ2n) is 5.97. The molecule has 0 amide bonds. The number of hydrogen-bond acceptors (Lipinski definition) is 6. The lowest BCUT2D eigenvalue weighted by atomic mass is 10.2. The van der Waals surface area contributed by atoms with Gasteiger partial charge in [-0.3, -0.25) is 4.98 Å². The number of hydrogen-bond donors (Lipinski definition) is 0. The van der Waals surface area contributed by atoms with Crippen LogP contribution in [0.4, 0.5) is 13.2 Å². The first-order valence-electron chi connectivity index (χ1n) is 8.33. The van der Waals surface area contributed by atoms with Crippen LogP contribution in [0.15, 0.2) is 53.2 Å². The first-order chi connectivity index (χ1) is 14.0. The number of alkyl halides is 2. The number of aromatic nitrogens is 5. The molecule has 7 nitrogen and oxygen atoms in total. The van der Waals surface area contributed by atoms with E-state index in [9.17, 15) is 18.4 Å². The lowest BCUT2D eigenvalue weighted by Crippen LogP contribution is -2.05. The molecular weight excluding hydrogens is 385 g/mol. The molecule has 0 saturated carbocycles. The van der Waals surface area contributed by atoms with Crippen molar-refractivity contribution in [2.45, 2.75) is 13.0 Å². The van der Waals surface area contributed by atoms with Gasteiger partial charge in [-0.25, -0.2) is 9.37 Å². The first kappa shape index (κ1) is 18.4. The molecule has 0 atom stereocenters. The van der Waals surface area contributed by atoms with Gasteiger partial charge in [-0.15, -0.1) is 10.2 Å². The molecular formula is C19H11F3N6O. The van der Waals surface area contributed by atoms with Gasteiger partial charge in [-0.1, -0.05) is 12.1 Å². The zero-order chi connectivity index (χ0) is 20.4. The molecule has 0 N–H and O–H groups in total. The van der Waals surface area contributed by atoms with Gasteiger partial charge in [0, 0.05) is 11.8 Å². The topological polar surface area (TPSA) is 93.4 Å². The number of nitriles is 1. The van der Waals surface area contributed by atoms with Crippen LogP contribution in [0.5, 0.6) is 0 Å². The van der Waals surface area contributed by atoms with Crippen molar-refractivity contribution >= 4 is 0 Å². The number of nitrogens with zero attached hydrogens (tertiary/aromatic N) is 6. The SMILES string of the molecule is N#Cc1cnc(-c2cc(-c3nnc(C(F)F)o3)ccn2)n1Cc1cccc(F)c1. The van der Waals surface area contributed by atoms with E-state index in [1.807, 2.05) is 6.07 Å². The number of rotatable bonds is 5. The Labute approximate surface area is 162 Å². The van der Waals surface area contributed by atoms with Crippen molar-refractivity contribution in [3.05, 3.63) is 71.8 Å². The number of pyridine rings is 1. The molecule has 0 radical (unpaired) electrons. The fourth-order valence-corrected chi connectivity index (χ4v) is 2.77. The average molecular weight is 396 g/mol. The highest BCUT2D eigenvalue weighted by atomic mass is 19.3. The van der Waals surface area contributed by atoms with Gasteiger partial charge in [-0.05, 0) is 29.8 Å². The first-order valence-corrected chi connectivity index (χ1v) is 8.33. The third-order valence-electron chi connectivity index (χ3n) is 4.06. The Morgan fingerprint density at radius 2 is 2.00 bits per heavy atom. The van der Waals surface area contributed by atoms with Crippen LogP contribution in [-0.2, 0) is 6.54 Å². The largest absolute Gasteiger partial charge is 0.415 e. The maximum atomic E-state index is 13.5. The highest BCUT2D eigenvalue weighted by Crippen LogP contribution is 2.26.